The van der Waals surface area contributed by atoms with Gasteiger partial charge in [-0.05, 0) is 43.2 Å². The third-order valence-corrected chi connectivity index (χ3v) is 10.9. The molecule has 3 heterocycles. The first-order valence-electron chi connectivity index (χ1n) is 12.5. The lowest BCUT2D eigenvalue weighted by molar-refractivity contribution is -0.329. The molecule has 35 heavy (non-hydrogen) atoms. The molecular formula is C25H35NO9. The normalized spacial score (nSPS) is 58.0. The first kappa shape index (κ1) is 23.8. The molecule has 1 aromatic heterocycles. The zero-order valence-electron chi connectivity index (χ0n) is 20.4. The van der Waals surface area contributed by atoms with Gasteiger partial charge in [-0.1, -0.05) is 27.7 Å². The number of H-pyrrole nitrogens is 1. The molecular weight excluding hydrogens is 458 g/mol. The summed E-state index contributed by atoms with van der Waals surface area (Å²) in [4.78, 5) is 15.9. The fraction of sp³-hybridized carbons (Fsp3) is 0.800. The highest BCUT2D eigenvalue weighted by molar-refractivity contribution is 5.87. The zero-order chi connectivity index (χ0) is 25.6. The number of aliphatic hydroxyl groups is 6. The Morgan fingerprint density at radius 2 is 1.83 bits per heavy atom. The van der Waals surface area contributed by atoms with Crippen LogP contribution in [0.5, 0.6) is 0 Å². The summed E-state index contributed by atoms with van der Waals surface area (Å²) in [5, 5.41) is 73.7. The molecule has 4 saturated carbocycles. The zero-order valence-corrected chi connectivity index (χ0v) is 20.4. The van der Waals surface area contributed by atoms with E-state index in [0.717, 1.165) is 0 Å². The number of aromatic amines is 1. The van der Waals surface area contributed by atoms with E-state index < -0.39 is 75.1 Å². The molecule has 6 bridgehead atoms. The van der Waals surface area contributed by atoms with Crippen molar-refractivity contribution in [1.82, 2.24) is 4.98 Å². The molecule has 2 aliphatic heterocycles. The molecule has 11 atom stereocenters. The molecule has 0 amide bonds. The lowest BCUT2D eigenvalue weighted by atomic mass is 9.54. The van der Waals surface area contributed by atoms with Gasteiger partial charge in [0, 0.05) is 18.0 Å². The van der Waals surface area contributed by atoms with Gasteiger partial charge in [-0.25, -0.2) is 4.79 Å². The highest BCUT2D eigenvalue weighted by atomic mass is 16.7. The highest BCUT2D eigenvalue weighted by Gasteiger charge is 3.04. The van der Waals surface area contributed by atoms with Crippen LogP contribution in [-0.2, 0) is 9.47 Å². The van der Waals surface area contributed by atoms with Gasteiger partial charge in [0.2, 0.25) is 0 Å². The van der Waals surface area contributed by atoms with Gasteiger partial charge in [-0.2, -0.15) is 0 Å². The molecule has 0 aromatic carbocycles. The number of carbonyl (C=O) groups excluding carboxylic acids is 1. The first-order valence-corrected chi connectivity index (χ1v) is 12.5. The number of aromatic nitrogens is 1. The van der Waals surface area contributed by atoms with Crippen LogP contribution in [0.2, 0.25) is 0 Å². The number of esters is 1. The maximum absolute atomic E-state index is 13.1. The van der Waals surface area contributed by atoms with Gasteiger partial charge >= 0.3 is 5.97 Å². The molecule has 4 aliphatic carbocycles. The second kappa shape index (κ2) is 6.30. The van der Waals surface area contributed by atoms with Crippen molar-refractivity contribution in [2.45, 2.75) is 99.4 Å². The van der Waals surface area contributed by atoms with E-state index in [9.17, 15) is 35.4 Å². The van der Waals surface area contributed by atoms with Crippen LogP contribution in [0.3, 0.4) is 0 Å². The van der Waals surface area contributed by atoms with E-state index in [-0.39, 0.29) is 25.0 Å². The second-order valence-corrected chi connectivity index (χ2v) is 12.2. The van der Waals surface area contributed by atoms with E-state index in [1.165, 1.54) is 12.3 Å². The van der Waals surface area contributed by atoms with Gasteiger partial charge in [0.1, 0.15) is 28.1 Å². The average molecular weight is 494 g/mol. The predicted molar refractivity (Wildman–Crippen MR) is 119 cm³/mol. The number of ether oxygens (including phenoxy) is 2. The van der Waals surface area contributed by atoms with Crippen LogP contribution in [0.1, 0.15) is 63.9 Å². The minimum atomic E-state index is -2.54. The molecule has 7 rings (SSSR count). The number of aliphatic hydroxyl groups excluding tert-OH is 1. The van der Waals surface area contributed by atoms with E-state index >= 15 is 0 Å². The van der Waals surface area contributed by atoms with Gasteiger partial charge in [0.15, 0.2) is 17.5 Å². The number of carbonyl (C=O) groups is 1. The van der Waals surface area contributed by atoms with E-state index in [1.807, 2.05) is 0 Å². The van der Waals surface area contributed by atoms with Crippen LogP contribution in [0.25, 0.3) is 0 Å². The summed E-state index contributed by atoms with van der Waals surface area (Å²) in [6, 6.07) is 3.07. The number of hydrogen-bond donors (Lipinski definition) is 7. The second-order valence-electron chi connectivity index (χ2n) is 12.2. The van der Waals surface area contributed by atoms with Crippen molar-refractivity contribution in [3.8, 4) is 0 Å². The minimum absolute atomic E-state index is 0.00287. The molecule has 6 aliphatic rings. The Morgan fingerprint density at radius 3 is 2.43 bits per heavy atom. The van der Waals surface area contributed by atoms with Gasteiger partial charge in [0.25, 0.3) is 0 Å². The largest absolute Gasteiger partial charge is 0.451 e. The summed E-state index contributed by atoms with van der Waals surface area (Å²) in [6.07, 6.45) is -1.32. The van der Waals surface area contributed by atoms with Crippen LogP contribution < -0.4 is 0 Å². The van der Waals surface area contributed by atoms with Crippen LogP contribution in [-0.4, -0.2) is 87.6 Å². The molecule has 0 radical (unpaired) electrons. The minimum Gasteiger partial charge on any atom is -0.451 e. The molecule has 1 spiro atoms. The van der Waals surface area contributed by atoms with Crippen LogP contribution in [0.4, 0.5) is 0 Å². The van der Waals surface area contributed by atoms with E-state index in [1.54, 1.807) is 33.8 Å². The predicted octanol–water partition coefficient (Wildman–Crippen LogP) is -0.188. The topological polar surface area (TPSA) is 173 Å². The number of nitrogens with one attached hydrogen (secondary N) is 1. The summed E-state index contributed by atoms with van der Waals surface area (Å²) < 4.78 is 12.1. The first-order chi connectivity index (χ1) is 16.1. The standard InChI is InChI=1S/C25H35NO9/c1-12(2)22(31)17-20(29)10-9-19(4)21(30)8-7-13(3)15(27)25(21,35-20)23(17,32)24(19,33)18(22)34-16(28)14-6-5-11-26-14/h5-6,11-13,15,17-18,26-27,29-33H,7-10H2,1-4H3/t13-,15+,17-,18+,19?,20+,21-,22-,23+,24+,25+/m0/s1. The maximum Gasteiger partial charge on any atom is 0.355 e. The molecule has 10 nitrogen and oxygen atoms in total. The molecule has 1 aromatic rings. The fourth-order valence-corrected chi connectivity index (χ4v) is 9.13. The van der Waals surface area contributed by atoms with Crippen molar-refractivity contribution in [1.29, 1.82) is 0 Å². The average Bonchev–Trinajstić information content (AvgIpc) is 3.44. The van der Waals surface area contributed by atoms with E-state index in [4.69, 9.17) is 9.47 Å². The molecule has 2 saturated heterocycles. The highest BCUT2D eigenvalue weighted by Crippen LogP contribution is 2.84. The van der Waals surface area contributed by atoms with Crippen molar-refractivity contribution in [3.05, 3.63) is 24.0 Å². The Hall–Kier alpha value is -1.53. The van der Waals surface area contributed by atoms with Crippen LogP contribution >= 0.6 is 0 Å². The van der Waals surface area contributed by atoms with Crippen molar-refractivity contribution in [3.63, 3.8) is 0 Å². The van der Waals surface area contributed by atoms with Gasteiger partial charge in [-0.15, -0.1) is 0 Å². The summed E-state index contributed by atoms with van der Waals surface area (Å²) in [7, 11) is 0. The summed E-state index contributed by atoms with van der Waals surface area (Å²) in [6.45, 7) is 6.60. The lowest BCUT2D eigenvalue weighted by Gasteiger charge is -2.56. The monoisotopic (exact) mass is 493 g/mol. The van der Waals surface area contributed by atoms with E-state index in [2.05, 4.69) is 4.98 Å². The van der Waals surface area contributed by atoms with Gasteiger partial charge < -0.3 is 45.1 Å². The van der Waals surface area contributed by atoms with Gasteiger partial charge in [0.05, 0.1) is 12.0 Å². The third kappa shape index (κ3) is 1.98. The molecule has 6 fully saturated rings. The van der Waals surface area contributed by atoms with Crippen LogP contribution in [0.15, 0.2) is 18.3 Å². The molecule has 194 valence electrons. The number of fused-ring (bicyclic) bond motifs is 1. The molecule has 7 N–H and O–H groups in total. The van der Waals surface area contributed by atoms with Crippen molar-refractivity contribution in [2.75, 3.05) is 0 Å². The van der Waals surface area contributed by atoms with Crippen molar-refractivity contribution in [2.24, 2.45) is 23.2 Å². The van der Waals surface area contributed by atoms with Gasteiger partial charge in [-0.3, -0.25) is 0 Å². The fourth-order valence-electron chi connectivity index (χ4n) is 9.13. The Balaban J connectivity index is 1.67. The number of rotatable bonds is 3. The number of hydrogen-bond acceptors (Lipinski definition) is 9. The smallest absolute Gasteiger partial charge is 0.355 e. The van der Waals surface area contributed by atoms with Crippen molar-refractivity contribution < 1.29 is 44.9 Å². The summed E-state index contributed by atoms with van der Waals surface area (Å²) >= 11 is 0. The Labute approximate surface area is 202 Å². The Morgan fingerprint density at radius 1 is 1.14 bits per heavy atom. The Kier molecular flexibility index (Phi) is 4.29. The molecule has 10 heteroatoms. The summed E-state index contributed by atoms with van der Waals surface area (Å²) in [5.74, 6) is -5.82. The van der Waals surface area contributed by atoms with Crippen molar-refractivity contribution >= 4 is 5.97 Å². The summed E-state index contributed by atoms with van der Waals surface area (Å²) in [5.41, 5.74) is -12.9. The quantitative estimate of drug-likeness (QED) is 0.282. The Bertz CT molecular complexity index is 1090. The maximum atomic E-state index is 13.1. The van der Waals surface area contributed by atoms with Crippen LogP contribution in [0, 0.1) is 23.2 Å². The lowest BCUT2D eigenvalue weighted by Crippen LogP contribution is -2.73. The SMILES string of the molecule is CC(C)[C@@]1(O)[C@@H](OC(=O)c2ccc[nH]2)[C@@]2(O)C3(C)CC[C@@]4(O)O[C@@]5([C@H](O)[C@@H](C)CC[C@]35O)[C@@]2(O)[C@H]14. The van der Waals surface area contributed by atoms with E-state index in [0.29, 0.717) is 6.42 Å². The molecule has 1 unspecified atom stereocenters. The third-order valence-electron chi connectivity index (χ3n) is 10.9.